The molecule has 5 rings (SSSR count). The maximum atomic E-state index is 14.4. The highest BCUT2D eigenvalue weighted by atomic mass is 19.1. The van der Waals surface area contributed by atoms with E-state index in [4.69, 9.17) is 4.74 Å². The SMILES string of the molecule is CCOc1ccc(-n2ncc3c2C(=O)N(c2ccc(N4CCCCC4=O)cc2)CC3)cc1F. The quantitative estimate of drug-likeness (QED) is 0.589. The van der Waals surface area contributed by atoms with Crippen LogP contribution in [-0.4, -0.2) is 41.3 Å². The number of rotatable bonds is 5. The van der Waals surface area contributed by atoms with Crippen LogP contribution < -0.4 is 14.5 Å². The molecular weight excluding hydrogens is 423 g/mol. The van der Waals surface area contributed by atoms with Crippen LogP contribution in [0.1, 0.15) is 42.2 Å². The lowest BCUT2D eigenvalue weighted by Crippen LogP contribution is -2.39. The van der Waals surface area contributed by atoms with E-state index in [9.17, 15) is 14.0 Å². The molecule has 7 nitrogen and oxygen atoms in total. The van der Waals surface area contributed by atoms with Gasteiger partial charge in [-0.15, -0.1) is 0 Å². The average Bonchev–Trinajstić information content (AvgIpc) is 3.27. The lowest BCUT2D eigenvalue weighted by molar-refractivity contribution is -0.119. The summed E-state index contributed by atoms with van der Waals surface area (Å²) in [5.41, 5.74) is 3.33. The number of carbonyl (C=O) groups is 2. The van der Waals surface area contributed by atoms with Gasteiger partial charge in [0.05, 0.1) is 18.5 Å². The molecule has 0 bridgehead atoms. The van der Waals surface area contributed by atoms with E-state index in [1.54, 1.807) is 35.1 Å². The highest BCUT2D eigenvalue weighted by Crippen LogP contribution is 2.30. The molecule has 3 aromatic rings. The minimum atomic E-state index is -0.499. The van der Waals surface area contributed by atoms with Crippen LogP contribution >= 0.6 is 0 Å². The van der Waals surface area contributed by atoms with Gasteiger partial charge in [0.15, 0.2) is 11.6 Å². The smallest absolute Gasteiger partial charge is 0.277 e. The van der Waals surface area contributed by atoms with Crippen LogP contribution in [0.15, 0.2) is 48.7 Å². The molecule has 0 aliphatic carbocycles. The van der Waals surface area contributed by atoms with E-state index in [0.717, 1.165) is 36.3 Å². The first-order valence-corrected chi connectivity index (χ1v) is 11.3. The van der Waals surface area contributed by atoms with Crippen molar-refractivity contribution in [3.05, 3.63) is 65.7 Å². The minimum Gasteiger partial charge on any atom is -0.491 e. The standard InChI is InChI=1S/C25H25FN4O3/c1-2-33-22-11-10-20(15-21(22)26)30-24-17(16-27-30)12-14-29(25(24)32)19-8-6-18(7-9-19)28-13-4-3-5-23(28)31/h6-11,15-16H,2-5,12-14H2,1H3. The zero-order chi connectivity index (χ0) is 22.9. The third-order valence-electron chi connectivity index (χ3n) is 6.15. The number of aromatic nitrogens is 2. The van der Waals surface area contributed by atoms with Gasteiger partial charge in [-0.3, -0.25) is 9.59 Å². The number of ether oxygens (including phenoxy) is 1. The molecule has 3 heterocycles. The van der Waals surface area contributed by atoms with Crippen LogP contribution in [0.3, 0.4) is 0 Å². The number of anilines is 2. The molecule has 1 fully saturated rings. The predicted octanol–water partition coefficient (Wildman–Crippen LogP) is 4.13. The molecule has 2 aliphatic heterocycles. The van der Waals surface area contributed by atoms with Crippen molar-refractivity contribution in [1.29, 1.82) is 0 Å². The molecule has 1 saturated heterocycles. The molecule has 0 atom stereocenters. The van der Waals surface area contributed by atoms with Crippen molar-refractivity contribution in [3.8, 4) is 11.4 Å². The van der Waals surface area contributed by atoms with Gasteiger partial charge in [0.25, 0.3) is 5.91 Å². The van der Waals surface area contributed by atoms with Crippen molar-refractivity contribution in [2.75, 3.05) is 29.5 Å². The molecule has 170 valence electrons. The number of hydrogen-bond donors (Lipinski definition) is 0. The van der Waals surface area contributed by atoms with Gasteiger partial charge in [0, 0.05) is 42.5 Å². The second-order valence-corrected chi connectivity index (χ2v) is 8.20. The van der Waals surface area contributed by atoms with E-state index >= 15 is 0 Å². The maximum Gasteiger partial charge on any atom is 0.277 e. The molecular formula is C25H25FN4O3. The minimum absolute atomic E-state index is 0.138. The average molecular weight is 448 g/mol. The summed E-state index contributed by atoms with van der Waals surface area (Å²) in [4.78, 5) is 29.2. The Bertz CT molecular complexity index is 1200. The largest absolute Gasteiger partial charge is 0.491 e. The van der Waals surface area contributed by atoms with Gasteiger partial charge >= 0.3 is 0 Å². The Kier molecular flexibility index (Phi) is 5.58. The van der Waals surface area contributed by atoms with Gasteiger partial charge < -0.3 is 14.5 Å². The summed E-state index contributed by atoms with van der Waals surface area (Å²) in [6, 6.07) is 12.1. The van der Waals surface area contributed by atoms with Crippen molar-refractivity contribution in [3.63, 3.8) is 0 Å². The topological polar surface area (TPSA) is 67.7 Å². The fraction of sp³-hybridized carbons (Fsp3) is 0.320. The number of fused-ring (bicyclic) bond motifs is 1. The molecule has 2 amide bonds. The third kappa shape index (κ3) is 3.86. The molecule has 0 spiro atoms. The second kappa shape index (κ2) is 8.69. The number of carbonyl (C=O) groups excluding carboxylic acids is 2. The van der Waals surface area contributed by atoms with Crippen LogP contribution in [-0.2, 0) is 11.2 Å². The summed E-state index contributed by atoms with van der Waals surface area (Å²) >= 11 is 0. The van der Waals surface area contributed by atoms with Crippen LogP contribution in [0, 0.1) is 5.82 Å². The third-order valence-corrected chi connectivity index (χ3v) is 6.15. The first-order chi connectivity index (χ1) is 16.1. The Balaban J connectivity index is 1.42. The Hall–Kier alpha value is -3.68. The molecule has 2 aromatic carbocycles. The molecule has 0 saturated carbocycles. The highest BCUT2D eigenvalue weighted by Gasteiger charge is 2.31. The molecule has 8 heteroatoms. The van der Waals surface area contributed by atoms with Crippen LogP contribution in [0.5, 0.6) is 5.75 Å². The van der Waals surface area contributed by atoms with Crippen molar-refractivity contribution in [2.24, 2.45) is 0 Å². The van der Waals surface area contributed by atoms with E-state index in [-0.39, 0.29) is 17.6 Å². The van der Waals surface area contributed by atoms with E-state index in [0.29, 0.717) is 37.4 Å². The predicted molar refractivity (Wildman–Crippen MR) is 123 cm³/mol. The van der Waals surface area contributed by atoms with Gasteiger partial charge in [-0.25, -0.2) is 9.07 Å². The first-order valence-electron chi connectivity index (χ1n) is 11.3. The molecule has 33 heavy (non-hydrogen) atoms. The molecule has 2 aliphatic rings. The van der Waals surface area contributed by atoms with Crippen molar-refractivity contribution >= 4 is 23.2 Å². The van der Waals surface area contributed by atoms with Crippen LogP contribution in [0.4, 0.5) is 15.8 Å². The van der Waals surface area contributed by atoms with Gasteiger partial charge in [0.1, 0.15) is 5.69 Å². The fourth-order valence-electron chi connectivity index (χ4n) is 4.48. The molecule has 0 radical (unpaired) electrons. The highest BCUT2D eigenvalue weighted by molar-refractivity contribution is 6.07. The van der Waals surface area contributed by atoms with E-state index in [1.165, 1.54) is 10.7 Å². The van der Waals surface area contributed by atoms with Gasteiger partial charge in [-0.1, -0.05) is 0 Å². The zero-order valence-corrected chi connectivity index (χ0v) is 18.5. The summed E-state index contributed by atoms with van der Waals surface area (Å²) in [6.07, 6.45) is 4.82. The van der Waals surface area contributed by atoms with Crippen LogP contribution in [0.25, 0.3) is 5.69 Å². The Morgan fingerprint density at radius 3 is 2.36 bits per heavy atom. The van der Waals surface area contributed by atoms with Gasteiger partial charge in [0.2, 0.25) is 5.91 Å². The normalized spacial score (nSPS) is 16.2. The van der Waals surface area contributed by atoms with Gasteiger partial charge in [-0.2, -0.15) is 5.10 Å². The summed E-state index contributed by atoms with van der Waals surface area (Å²) in [5, 5.41) is 4.36. The summed E-state index contributed by atoms with van der Waals surface area (Å²) < 4.78 is 21.2. The zero-order valence-electron chi connectivity index (χ0n) is 18.5. The summed E-state index contributed by atoms with van der Waals surface area (Å²) in [7, 11) is 0. The number of piperidine rings is 1. The molecule has 1 aromatic heterocycles. The Labute approximate surface area is 191 Å². The first kappa shape index (κ1) is 21.2. The van der Waals surface area contributed by atoms with Crippen molar-refractivity contribution in [2.45, 2.75) is 32.6 Å². The maximum absolute atomic E-state index is 14.4. The Morgan fingerprint density at radius 1 is 0.939 bits per heavy atom. The van der Waals surface area contributed by atoms with E-state index < -0.39 is 5.82 Å². The number of nitrogens with zero attached hydrogens (tertiary/aromatic N) is 4. The lowest BCUT2D eigenvalue weighted by Gasteiger charge is -2.29. The van der Waals surface area contributed by atoms with E-state index in [1.807, 2.05) is 24.3 Å². The molecule has 0 N–H and O–H groups in total. The Morgan fingerprint density at radius 2 is 1.67 bits per heavy atom. The summed E-state index contributed by atoms with van der Waals surface area (Å²) in [5.74, 6) is -0.381. The van der Waals surface area contributed by atoms with Crippen molar-refractivity contribution in [1.82, 2.24) is 9.78 Å². The van der Waals surface area contributed by atoms with Crippen LogP contribution in [0.2, 0.25) is 0 Å². The monoisotopic (exact) mass is 448 g/mol. The fourth-order valence-corrected chi connectivity index (χ4v) is 4.48. The lowest BCUT2D eigenvalue weighted by atomic mass is 10.1. The van der Waals surface area contributed by atoms with E-state index in [2.05, 4.69) is 5.10 Å². The number of benzene rings is 2. The van der Waals surface area contributed by atoms with Crippen molar-refractivity contribution < 1.29 is 18.7 Å². The second-order valence-electron chi connectivity index (χ2n) is 8.20. The van der Waals surface area contributed by atoms with Gasteiger partial charge in [-0.05, 0) is 62.6 Å². The summed E-state index contributed by atoms with van der Waals surface area (Å²) in [6.45, 7) is 3.41. The number of halogens is 1. The number of hydrogen-bond acceptors (Lipinski definition) is 4. The number of amides is 2. The molecule has 0 unspecified atom stereocenters.